The average molecular weight is 312 g/mol. The highest BCUT2D eigenvalue weighted by atomic mass is 16.5. The van der Waals surface area contributed by atoms with Crippen molar-refractivity contribution >= 4 is 33.8 Å². The Bertz CT molecular complexity index is 870. The first kappa shape index (κ1) is 14.0. The lowest BCUT2D eigenvalue weighted by Gasteiger charge is -2.20. The van der Waals surface area contributed by atoms with Crippen molar-refractivity contribution in [2.24, 2.45) is 11.7 Å². The largest absolute Gasteiger partial charge is 0.450 e. The third-order valence-corrected chi connectivity index (χ3v) is 4.19. The van der Waals surface area contributed by atoms with E-state index in [1.807, 2.05) is 24.3 Å². The first-order valence-electron chi connectivity index (χ1n) is 7.50. The zero-order valence-corrected chi connectivity index (χ0v) is 12.4. The first-order valence-corrected chi connectivity index (χ1v) is 7.50. The molecular weight excluding hydrogens is 296 g/mol. The Balaban J connectivity index is 1.77. The second-order valence-corrected chi connectivity index (χ2v) is 5.65. The molecule has 0 aliphatic carbocycles. The molecule has 23 heavy (non-hydrogen) atoms. The van der Waals surface area contributed by atoms with Crippen molar-refractivity contribution in [3.63, 3.8) is 0 Å². The van der Waals surface area contributed by atoms with Gasteiger partial charge in [0.05, 0.1) is 6.61 Å². The van der Waals surface area contributed by atoms with E-state index in [9.17, 15) is 4.79 Å². The van der Waals surface area contributed by atoms with Crippen LogP contribution in [0.3, 0.4) is 0 Å². The van der Waals surface area contributed by atoms with Gasteiger partial charge in [-0.2, -0.15) is 0 Å². The minimum atomic E-state index is -0.552. The van der Waals surface area contributed by atoms with Crippen molar-refractivity contribution < 1.29 is 13.9 Å². The van der Waals surface area contributed by atoms with Gasteiger partial charge in [0.25, 0.3) is 0 Å². The minimum Gasteiger partial charge on any atom is -0.450 e. The molecule has 1 saturated heterocycles. The molecule has 4 rings (SSSR count). The molecule has 1 amide bonds. The number of aromatic nitrogens is 2. The summed E-state index contributed by atoms with van der Waals surface area (Å²) in [5.41, 5.74) is 7.52. The second kappa shape index (κ2) is 5.51. The van der Waals surface area contributed by atoms with Gasteiger partial charge in [-0.1, -0.05) is 12.1 Å². The number of nitrogens with one attached hydrogen (secondary N) is 1. The monoisotopic (exact) mass is 312 g/mol. The average Bonchev–Trinajstić information content (AvgIpc) is 3.20. The van der Waals surface area contributed by atoms with Gasteiger partial charge < -0.3 is 20.2 Å². The number of nitrogens with two attached hydrogens (primary N) is 1. The van der Waals surface area contributed by atoms with Crippen LogP contribution in [0.25, 0.3) is 22.1 Å². The number of fused-ring (bicyclic) bond motifs is 3. The molecular formula is C16H16N4O3. The highest BCUT2D eigenvalue weighted by molar-refractivity contribution is 6.05. The van der Waals surface area contributed by atoms with Crippen molar-refractivity contribution in [3.8, 4) is 0 Å². The smallest absolute Gasteiger partial charge is 0.240 e. The van der Waals surface area contributed by atoms with Crippen molar-refractivity contribution in [3.05, 3.63) is 30.6 Å². The minimum absolute atomic E-state index is 0.0295. The van der Waals surface area contributed by atoms with Gasteiger partial charge in [-0.25, -0.2) is 9.97 Å². The van der Waals surface area contributed by atoms with Gasteiger partial charge in [-0.15, -0.1) is 0 Å². The number of carbonyl (C=O) groups is 1. The second-order valence-electron chi connectivity index (χ2n) is 5.65. The van der Waals surface area contributed by atoms with Crippen LogP contribution >= 0.6 is 0 Å². The van der Waals surface area contributed by atoms with Gasteiger partial charge >= 0.3 is 0 Å². The number of carbonyl (C=O) groups excluding carboxylic acids is 1. The SMILES string of the molecule is NC(=O)[C@@H](Nc1ncnc2c1oc1ccccc12)[C@H]1CCOC1. The molecule has 3 N–H and O–H groups in total. The van der Waals surface area contributed by atoms with Crippen LogP contribution in [0, 0.1) is 5.92 Å². The molecule has 1 fully saturated rings. The predicted molar refractivity (Wildman–Crippen MR) is 84.8 cm³/mol. The topological polar surface area (TPSA) is 103 Å². The van der Waals surface area contributed by atoms with Gasteiger partial charge in [-0.3, -0.25) is 4.79 Å². The predicted octanol–water partition coefficient (Wildman–Crippen LogP) is 1.68. The fourth-order valence-electron chi connectivity index (χ4n) is 3.01. The summed E-state index contributed by atoms with van der Waals surface area (Å²) in [4.78, 5) is 20.4. The molecule has 3 heterocycles. The maximum atomic E-state index is 11.8. The van der Waals surface area contributed by atoms with E-state index in [0.29, 0.717) is 30.1 Å². The highest BCUT2D eigenvalue weighted by Crippen LogP contribution is 2.31. The van der Waals surface area contributed by atoms with E-state index >= 15 is 0 Å². The van der Waals surface area contributed by atoms with Crippen molar-refractivity contribution in [2.75, 3.05) is 18.5 Å². The van der Waals surface area contributed by atoms with Gasteiger partial charge in [0.15, 0.2) is 11.4 Å². The fraction of sp³-hybridized carbons (Fsp3) is 0.312. The number of primary amides is 1. The quantitative estimate of drug-likeness (QED) is 0.759. The molecule has 1 aliphatic heterocycles. The summed E-state index contributed by atoms with van der Waals surface area (Å²) in [5.74, 6) is 0.0761. The Labute approximate surface area is 131 Å². The summed E-state index contributed by atoms with van der Waals surface area (Å²) >= 11 is 0. The Hall–Kier alpha value is -2.67. The Kier molecular flexibility index (Phi) is 3.34. The molecule has 7 heteroatoms. The summed E-state index contributed by atoms with van der Waals surface area (Å²) in [7, 11) is 0. The molecule has 118 valence electrons. The van der Waals surface area contributed by atoms with E-state index in [0.717, 1.165) is 17.4 Å². The van der Waals surface area contributed by atoms with Crippen LogP contribution in [0.15, 0.2) is 35.0 Å². The number of ether oxygens (including phenoxy) is 1. The number of furan rings is 1. The van der Waals surface area contributed by atoms with E-state index < -0.39 is 11.9 Å². The lowest BCUT2D eigenvalue weighted by molar-refractivity contribution is -0.119. The molecule has 7 nitrogen and oxygen atoms in total. The number of amides is 1. The number of nitrogens with zero attached hydrogens (tertiary/aromatic N) is 2. The van der Waals surface area contributed by atoms with Gasteiger partial charge in [0.1, 0.15) is 23.5 Å². The summed E-state index contributed by atoms with van der Waals surface area (Å²) in [6, 6.07) is 7.08. The molecule has 0 spiro atoms. The fourth-order valence-corrected chi connectivity index (χ4v) is 3.01. The molecule has 0 bridgehead atoms. The summed E-state index contributed by atoms with van der Waals surface area (Å²) in [5, 5.41) is 4.03. The van der Waals surface area contributed by atoms with Gasteiger partial charge in [-0.05, 0) is 18.6 Å². The number of hydrogen-bond donors (Lipinski definition) is 2. The standard InChI is InChI=1S/C16H16N4O3/c17-15(21)12(9-5-6-22-7-9)20-16-14-13(18-8-19-16)10-3-1-2-4-11(10)23-14/h1-4,8-9,12H,5-7H2,(H2,17,21)(H,18,19,20)/t9-,12-/m0/s1. The lowest BCUT2D eigenvalue weighted by Crippen LogP contribution is -2.42. The van der Waals surface area contributed by atoms with E-state index in [2.05, 4.69) is 15.3 Å². The molecule has 2 aromatic heterocycles. The van der Waals surface area contributed by atoms with Crippen LogP contribution in [-0.4, -0.2) is 35.1 Å². The van der Waals surface area contributed by atoms with Crippen LogP contribution in [0.5, 0.6) is 0 Å². The Morgan fingerprint density at radius 2 is 2.22 bits per heavy atom. The number of anilines is 1. The van der Waals surface area contributed by atoms with Crippen LogP contribution < -0.4 is 11.1 Å². The molecule has 2 atom stereocenters. The summed E-state index contributed by atoms with van der Waals surface area (Å²) < 4.78 is 11.2. The van der Waals surface area contributed by atoms with E-state index in [-0.39, 0.29) is 5.92 Å². The van der Waals surface area contributed by atoms with E-state index in [1.165, 1.54) is 6.33 Å². The molecule has 1 aromatic carbocycles. The molecule has 0 radical (unpaired) electrons. The molecule has 0 unspecified atom stereocenters. The maximum absolute atomic E-state index is 11.8. The van der Waals surface area contributed by atoms with E-state index in [4.69, 9.17) is 14.9 Å². The van der Waals surface area contributed by atoms with Crippen molar-refractivity contribution in [1.82, 2.24) is 9.97 Å². The number of benzene rings is 1. The Morgan fingerprint density at radius 3 is 3.00 bits per heavy atom. The van der Waals surface area contributed by atoms with Gasteiger partial charge in [0, 0.05) is 17.9 Å². The first-order chi connectivity index (χ1) is 11.2. The third kappa shape index (κ3) is 2.39. The zero-order valence-electron chi connectivity index (χ0n) is 12.4. The number of rotatable bonds is 4. The van der Waals surface area contributed by atoms with Crippen LogP contribution in [0.1, 0.15) is 6.42 Å². The third-order valence-electron chi connectivity index (χ3n) is 4.19. The van der Waals surface area contributed by atoms with Crippen LogP contribution in [0.2, 0.25) is 0 Å². The van der Waals surface area contributed by atoms with Crippen molar-refractivity contribution in [2.45, 2.75) is 12.5 Å². The zero-order chi connectivity index (χ0) is 15.8. The van der Waals surface area contributed by atoms with E-state index in [1.54, 1.807) is 0 Å². The normalized spacial score (nSPS) is 19.2. The maximum Gasteiger partial charge on any atom is 0.240 e. The molecule has 3 aromatic rings. The van der Waals surface area contributed by atoms with Crippen molar-refractivity contribution in [1.29, 1.82) is 0 Å². The Morgan fingerprint density at radius 1 is 1.35 bits per heavy atom. The number of hydrogen-bond acceptors (Lipinski definition) is 6. The van der Waals surface area contributed by atoms with Gasteiger partial charge in [0.2, 0.25) is 5.91 Å². The van der Waals surface area contributed by atoms with Crippen LogP contribution in [0.4, 0.5) is 5.82 Å². The lowest BCUT2D eigenvalue weighted by atomic mass is 9.98. The van der Waals surface area contributed by atoms with Crippen LogP contribution in [-0.2, 0) is 9.53 Å². The molecule has 0 saturated carbocycles. The summed E-state index contributed by atoms with van der Waals surface area (Å²) in [6.07, 6.45) is 2.24. The highest BCUT2D eigenvalue weighted by Gasteiger charge is 2.31. The summed E-state index contributed by atoms with van der Waals surface area (Å²) in [6.45, 7) is 1.15. The molecule has 1 aliphatic rings. The number of para-hydroxylation sites is 1.